The molecule has 0 aliphatic rings. The second-order valence-electron chi connectivity index (χ2n) is 4.90. The van der Waals surface area contributed by atoms with E-state index in [2.05, 4.69) is 5.32 Å². The van der Waals surface area contributed by atoms with E-state index in [1.807, 2.05) is 31.2 Å². The van der Waals surface area contributed by atoms with Gasteiger partial charge in [-0.1, -0.05) is 12.1 Å². The Kier molecular flexibility index (Phi) is 3.52. The summed E-state index contributed by atoms with van der Waals surface area (Å²) in [6, 6.07) is 14.0. The number of halogens is 1. The minimum atomic E-state index is -0.248. The number of hydrogen-bond donors (Lipinski definition) is 1. The van der Waals surface area contributed by atoms with E-state index in [1.54, 1.807) is 19.2 Å². The molecule has 1 heterocycles. The number of hydrogen-bond acceptors (Lipinski definition) is 3. The molecule has 0 saturated heterocycles. The van der Waals surface area contributed by atoms with Crippen molar-refractivity contribution in [1.29, 1.82) is 0 Å². The van der Waals surface area contributed by atoms with Gasteiger partial charge in [-0.3, -0.25) is 0 Å². The summed E-state index contributed by atoms with van der Waals surface area (Å²) in [5.41, 5.74) is 1.58. The molecule has 21 heavy (non-hydrogen) atoms. The van der Waals surface area contributed by atoms with Crippen LogP contribution in [0, 0.1) is 5.82 Å². The third-order valence-electron chi connectivity index (χ3n) is 3.40. The van der Waals surface area contributed by atoms with Crippen molar-refractivity contribution in [2.24, 2.45) is 0 Å². The van der Waals surface area contributed by atoms with Crippen LogP contribution >= 0.6 is 0 Å². The summed E-state index contributed by atoms with van der Waals surface area (Å²) in [5.74, 6) is 1.27. The predicted octanol–water partition coefficient (Wildman–Crippen LogP) is 4.75. The molecular weight excluding hydrogens is 269 g/mol. The molecule has 4 heteroatoms. The Morgan fingerprint density at radius 1 is 1.14 bits per heavy atom. The molecule has 2 aromatic carbocycles. The number of anilines is 1. The average molecular weight is 285 g/mol. The molecule has 1 atom stereocenters. The van der Waals surface area contributed by atoms with Crippen molar-refractivity contribution in [1.82, 2.24) is 0 Å². The summed E-state index contributed by atoms with van der Waals surface area (Å²) in [5, 5.41) is 4.28. The molecule has 0 amide bonds. The first kappa shape index (κ1) is 13.5. The lowest BCUT2D eigenvalue weighted by molar-refractivity contribution is 0.406. The smallest absolute Gasteiger partial charge is 0.176 e. The fraction of sp³-hybridized carbons (Fsp3) is 0.176. The Bertz CT molecular complexity index is 749. The fourth-order valence-electron chi connectivity index (χ4n) is 2.30. The minimum Gasteiger partial charge on any atom is -0.493 e. The van der Waals surface area contributed by atoms with E-state index in [1.165, 1.54) is 12.1 Å². The summed E-state index contributed by atoms with van der Waals surface area (Å²) in [6.45, 7) is 1.99. The maximum Gasteiger partial charge on any atom is 0.176 e. The predicted molar refractivity (Wildman–Crippen MR) is 81.2 cm³/mol. The largest absolute Gasteiger partial charge is 0.493 e. The number of benzene rings is 2. The molecule has 3 rings (SSSR count). The standard InChI is InChI=1S/C17H16FNO2/c1-11(19-14-8-6-13(18)7-9-14)16-10-12-4-3-5-15(20-2)17(12)21-16/h3-11,19H,1-2H3. The highest BCUT2D eigenvalue weighted by atomic mass is 19.1. The van der Waals surface area contributed by atoms with Crippen molar-refractivity contribution in [2.45, 2.75) is 13.0 Å². The zero-order valence-corrected chi connectivity index (χ0v) is 11.9. The Morgan fingerprint density at radius 3 is 2.62 bits per heavy atom. The molecule has 0 aliphatic heterocycles. The molecule has 1 aromatic heterocycles. The van der Waals surface area contributed by atoms with Crippen LogP contribution in [0.5, 0.6) is 5.75 Å². The van der Waals surface area contributed by atoms with Crippen molar-refractivity contribution < 1.29 is 13.5 Å². The van der Waals surface area contributed by atoms with Gasteiger partial charge in [0.25, 0.3) is 0 Å². The number of nitrogens with one attached hydrogen (secondary N) is 1. The highest BCUT2D eigenvalue weighted by molar-refractivity contribution is 5.83. The summed E-state index contributed by atoms with van der Waals surface area (Å²) < 4.78 is 24.1. The van der Waals surface area contributed by atoms with E-state index in [9.17, 15) is 4.39 Å². The first-order valence-corrected chi connectivity index (χ1v) is 6.76. The van der Waals surface area contributed by atoms with Gasteiger partial charge in [0.05, 0.1) is 13.2 Å². The van der Waals surface area contributed by atoms with Crippen LogP contribution in [0.15, 0.2) is 52.9 Å². The average Bonchev–Trinajstić information content (AvgIpc) is 2.93. The van der Waals surface area contributed by atoms with Crippen molar-refractivity contribution >= 4 is 16.7 Å². The lowest BCUT2D eigenvalue weighted by Crippen LogP contribution is -2.05. The van der Waals surface area contributed by atoms with Gasteiger partial charge in [-0.05, 0) is 43.3 Å². The Morgan fingerprint density at radius 2 is 1.90 bits per heavy atom. The highest BCUT2D eigenvalue weighted by Gasteiger charge is 2.14. The van der Waals surface area contributed by atoms with Gasteiger partial charge >= 0.3 is 0 Å². The van der Waals surface area contributed by atoms with E-state index in [0.717, 1.165) is 22.4 Å². The second kappa shape index (κ2) is 5.48. The number of fused-ring (bicyclic) bond motifs is 1. The van der Waals surface area contributed by atoms with Crippen LogP contribution in [0.4, 0.5) is 10.1 Å². The van der Waals surface area contributed by atoms with Gasteiger partial charge in [0.15, 0.2) is 11.3 Å². The molecule has 108 valence electrons. The van der Waals surface area contributed by atoms with Crippen LogP contribution in [0.3, 0.4) is 0 Å². The van der Waals surface area contributed by atoms with E-state index < -0.39 is 0 Å². The van der Waals surface area contributed by atoms with Crippen LogP contribution in [-0.2, 0) is 0 Å². The summed E-state index contributed by atoms with van der Waals surface area (Å²) >= 11 is 0. The molecular formula is C17H16FNO2. The summed E-state index contributed by atoms with van der Waals surface area (Å²) in [6.07, 6.45) is 0. The van der Waals surface area contributed by atoms with Crippen LogP contribution < -0.4 is 10.1 Å². The summed E-state index contributed by atoms with van der Waals surface area (Å²) in [4.78, 5) is 0. The van der Waals surface area contributed by atoms with Crippen LogP contribution in [0.2, 0.25) is 0 Å². The first-order chi connectivity index (χ1) is 10.2. The third-order valence-corrected chi connectivity index (χ3v) is 3.40. The maximum atomic E-state index is 12.9. The minimum absolute atomic E-state index is 0.0347. The molecule has 0 aliphatic carbocycles. The molecule has 0 fully saturated rings. The van der Waals surface area contributed by atoms with Gasteiger partial charge in [0.1, 0.15) is 11.6 Å². The molecule has 0 saturated carbocycles. The van der Waals surface area contributed by atoms with Crippen LogP contribution in [0.1, 0.15) is 18.7 Å². The van der Waals surface area contributed by atoms with E-state index >= 15 is 0 Å². The monoisotopic (exact) mass is 285 g/mol. The zero-order valence-electron chi connectivity index (χ0n) is 11.9. The molecule has 3 aromatic rings. The van der Waals surface area contributed by atoms with Crippen molar-refractivity contribution in [3.8, 4) is 5.75 Å². The van der Waals surface area contributed by atoms with Gasteiger partial charge in [-0.2, -0.15) is 0 Å². The van der Waals surface area contributed by atoms with Gasteiger partial charge in [0.2, 0.25) is 0 Å². The fourth-order valence-corrected chi connectivity index (χ4v) is 2.30. The molecule has 3 nitrogen and oxygen atoms in total. The van der Waals surface area contributed by atoms with Crippen molar-refractivity contribution in [3.63, 3.8) is 0 Å². The van der Waals surface area contributed by atoms with E-state index in [0.29, 0.717) is 5.75 Å². The van der Waals surface area contributed by atoms with Gasteiger partial charge in [-0.25, -0.2) is 4.39 Å². The van der Waals surface area contributed by atoms with Crippen molar-refractivity contribution in [2.75, 3.05) is 12.4 Å². The van der Waals surface area contributed by atoms with E-state index in [-0.39, 0.29) is 11.9 Å². The van der Waals surface area contributed by atoms with Crippen molar-refractivity contribution in [3.05, 3.63) is 60.1 Å². The van der Waals surface area contributed by atoms with Gasteiger partial charge in [0, 0.05) is 11.1 Å². The summed E-state index contributed by atoms with van der Waals surface area (Å²) in [7, 11) is 1.62. The number of ether oxygens (including phenoxy) is 1. The Hall–Kier alpha value is -2.49. The first-order valence-electron chi connectivity index (χ1n) is 6.76. The number of para-hydroxylation sites is 1. The molecule has 0 bridgehead atoms. The van der Waals surface area contributed by atoms with Gasteiger partial charge < -0.3 is 14.5 Å². The topological polar surface area (TPSA) is 34.4 Å². The Labute approximate surface area is 122 Å². The molecule has 1 N–H and O–H groups in total. The quantitative estimate of drug-likeness (QED) is 0.751. The molecule has 0 radical (unpaired) electrons. The highest BCUT2D eigenvalue weighted by Crippen LogP contribution is 2.31. The third kappa shape index (κ3) is 2.70. The number of rotatable bonds is 4. The van der Waals surface area contributed by atoms with E-state index in [4.69, 9.17) is 9.15 Å². The SMILES string of the molecule is COc1cccc2cc(C(C)Nc3ccc(F)cc3)oc12. The second-order valence-corrected chi connectivity index (χ2v) is 4.90. The normalized spacial score (nSPS) is 12.3. The Balaban J connectivity index is 1.87. The molecule has 1 unspecified atom stereocenters. The zero-order chi connectivity index (χ0) is 14.8. The molecule has 0 spiro atoms. The van der Waals surface area contributed by atoms with Crippen LogP contribution in [0.25, 0.3) is 11.0 Å². The van der Waals surface area contributed by atoms with Gasteiger partial charge in [-0.15, -0.1) is 0 Å². The maximum absolute atomic E-state index is 12.9. The number of methoxy groups -OCH3 is 1. The lowest BCUT2D eigenvalue weighted by atomic mass is 10.2. The lowest BCUT2D eigenvalue weighted by Gasteiger charge is -2.12. The number of furan rings is 1. The van der Waals surface area contributed by atoms with Crippen LogP contribution in [-0.4, -0.2) is 7.11 Å².